The van der Waals surface area contributed by atoms with Crippen LogP contribution in [0.4, 0.5) is 4.79 Å². The van der Waals surface area contributed by atoms with Crippen molar-refractivity contribution in [2.75, 3.05) is 27.0 Å². The molecule has 1 aromatic carbocycles. The number of carbonyl (C=O) groups excluding carboxylic acids is 1. The molecule has 1 N–H and O–H groups in total. The Balaban J connectivity index is 2.32. The monoisotopic (exact) mass is 448 g/mol. The molecular formula is C23H32N2O5S. The number of amides is 1. The number of piperidine rings is 1. The number of nitrogens with one attached hydrogen (secondary N) is 1. The van der Waals surface area contributed by atoms with Gasteiger partial charge in [-0.3, -0.25) is 0 Å². The fourth-order valence-electron chi connectivity index (χ4n) is 3.77. The van der Waals surface area contributed by atoms with E-state index in [-0.39, 0.29) is 12.1 Å². The molecule has 1 aliphatic rings. The van der Waals surface area contributed by atoms with Crippen molar-refractivity contribution < 1.29 is 22.7 Å². The van der Waals surface area contributed by atoms with Gasteiger partial charge in [-0.25, -0.2) is 17.9 Å². The lowest BCUT2D eigenvalue weighted by Gasteiger charge is -2.40. The summed E-state index contributed by atoms with van der Waals surface area (Å²) in [5.74, 6) is 0.668. The van der Waals surface area contributed by atoms with Crippen LogP contribution in [-0.4, -0.2) is 58.5 Å². The number of hydrogen-bond acceptors (Lipinski definition) is 5. The molecular weight excluding hydrogens is 416 g/mol. The number of rotatable bonds is 8. The molecule has 2 rings (SSSR count). The predicted molar refractivity (Wildman–Crippen MR) is 123 cm³/mol. The summed E-state index contributed by atoms with van der Waals surface area (Å²) in [6.45, 7) is 6.24. The quantitative estimate of drug-likeness (QED) is 0.486. The van der Waals surface area contributed by atoms with Crippen LogP contribution in [0.2, 0.25) is 0 Å². The summed E-state index contributed by atoms with van der Waals surface area (Å²) in [4.78, 5) is 14.0. The number of ether oxygens (including phenoxy) is 2. The van der Waals surface area contributed by atoms with Crippen molar-refractivity contribution >= 4 is 21.7 Å². The molecule has 1 fully saturated rings. The van der Waals surface area contributed by atoms with E-state index in [1.54, 1.807) is 18.1 Å². The van der Waals surface area contributed by atoms with Crippen LogP contribution in [0.5, 0.6) is 0 Å². The van der Waals surface area contributed by atoms with E-state index >= 15 is 0 Å². The van der Waals surface area contributed by atoms with Gasteiger partial charge in [-0.2, -0.15) is 0 Å². The van der Waals surface area contributed by atoms with Crippen LogP contribution in [0.1, 0.15) is 30.9 Å². The molecule has 1 amide bonds. The van der Waals surface area contributed by atoms with E-state index in [4.69, 9.17) is 9.47 Å². The van der Waals surface area contributed by atoms with E-state index in [0.717, 1.165) is 23.0 Å². The Kier molecular flexibility index (Phi) is 8.88. The van der Waals surface area contributed by atoms with Crippen molar-refractivity contribution in [2.24, 2.45) is 0 Å². The summed E-state index contributed by atoms with van der Waals surface area (Å²) >= 11 is 0. The first-order chi connectivity index (χ1) is 14.7. The molecule has 0 saturated carbocycles. The van der Waals surface area contributed by atoms with Gasteiger partial charge in [0.25, 0.3) is 0 Å². The standard InChI is InChI=1S/C23H32N2O5S/c1-6-20(29-3)13-12-17(2)19-10-7-9-18(15-19)16-22-21(24-31(5,27)28)11-8-14-25(22)23(26)30-4/h6-7,9-10,12-13,15,21-22,24H,1,8,11,14,16H2,2-5H3/b17-12+,20-13+. The highest BCUT2D eigenvalue weighted by Crippen LogP contribution is 2.24. The van der Waals surface area contributed by atoms with E-state index in [0.29, 0.717) is 31.6 Å². The number of sulfonamides is 1. The number of likely N-dealkylation sites (tertiary alicyclic amines) is 1. The summed E-state index contributed by atoms with van der Waals surface area (Å²) in [7, 11) is -0.478. The third kappa shape index (κ3) is 7.25. The second kappa shape index (κ2) is 11.2. The smallest absolute Gasteiger partial charge is 0.409 e. The van der Waals surface area contributed by atoms with Crippen molar-refractivity contribution in [3.8, 4) is 0 Å². The Labute approximate surface area is 185 Å². The van der Waals surface area contributed by atoms with E-state index in [9.17, 15) is 13.2 Å². The Morgan fingerprint density at radius 2 is 2.03 bits per heavy atom. The lowest BCUT2D eigenvalue weighted by Crippen LogP contribution is -2.57. The molecule has 1 aliphatic heterocycles. The number of allylic oxidation sites excluding steroid dienone is 4. The van der Waals surface area contributed by atoms with Gasteiger partial charge in [0.2, 0.25) is 10.0 Å². The van der Waals surface area contributed by atoms with Crippen LogP contribution < -0.4 is 4.72 Å². The second-order valence-corrected chi connectivity index (χ2v) is 9.38. The van der Waals surface area contributed by atoms with Crippen LogP contribution in [0.15, 0.2) is 54.8 Å². The molecule has 8 heteroatoms. The first kappa shape index (κ1) is 24.7. The van der Waals surface area contributed by atoms with Gasteiger partial charge in [0.15, 0.2) is 0 Å². The maximum absolute atomic E-state index is 12.4. The Morgan fingerprint density at radius 3 is 2.65 bits per heavy atom. The summed E-state index contributed by atoms with van der Waals surface area (Å²) in [6, 6.07) is 7.30. The molecule has 1 saturated heterocycles. The first-order valence-electron chi connectivity index (χ1n) is 10.1. The van der Waals surface area contributed by atoms with Crippen LogP contribution in [0.3, 0.4) is 0 Å². The largest absolute Gasteiger partial charge is 0.497 e. The fraction of sp³-hybridized carbons (Fsp3) is 0.435. The Bertz CT molecular complexity index is 952. The van der Waals surface area contributed by atoms with Gasteiger partial charge in [0, 0.05) is 12.6 Å². The van der Waals surface area contributed by atoms with Gasteiger partial charge < -0.3 is 14.4 Å². The molecule has 0 aliphatic carbocycles. The van der Waals surface area contributed by atoms with Gasteiger partial charge in [-0.1, -0.05) is 36.9 Å². The zero-order valence-corrected chi connectivity index (χ0v) is 19.4. The predicted octanol–water partition coefficient (Wildman–Crippen LogP) is 3.50. The summed E-state index contributed by atoms with van der Waals surface area (Å²) in [6.07, 6.45) is 8.01. The van der Waals surface area contributed by atoms with E-state index in [2.05, 4.69) is 17.4 Å². The Morgan fingerprint density at radius 1 is 1.29 bits per heavy atom. The van der Waals surface area contributed by atoms with Crippen molar-refractivity contribution in [2.45, 2.75) is 38.3 Å². The fourth-order valence-corrected chi connectivity index (χ4v) is 4.60. The normalized spacial score (nSPS) is 20.3. The van der Waals surface area contributed by atoms with E-state index in [1.807, 2.05) is 37.3 Å². The minimum absolute atomic E-state index is 0.337. The van der Waals surface area contributed by atoms with E-state index in [1.165, 1.54) is 7.11 Å². The average Bonchev–Trinajstić information content (AvgIpc) is 2.74. The van der Waals surface area contributed by atoms with Crippen LogP contribution in [0.25, 0.3) is 5.57 Å². The van der Waals surface area contributed by atoms with Gasteiger partial charge >= 0.3 is 6.09 Å². The summed E-state index contributed by atoms with van der Waals surface area (Å²) in [5, 5.41) is 0. The molecule has 1 aromatic rings. The Hall–Kier alpha value is -2.58. The highest BCUT2D eigenvalue weighted by Gasteiger charge is 2.36. The maximum atomic E-state index is 12.4. The second-order valence-electron chi connectivity index (χ2n) is 7.60. The zero-order valence-electron chi connectivity index (χ0n) is 18.6. The molecule has 2 atom stereocenters. The molecule has 2 unspecified atom stereocenters. The molecule has 31 heavy (non-hydrogen) atoms. The maximum Gasteiger partial charge on any atom is 0.409 e. The number of hydrogen-bond donors (Lipinski definition) is 1. The minimum atomic E-state index is -3.41. The lowest BCUT2D eigenvalue weighted by atomic mass is 9.91. The van der Waals surface area contributed by atoms with Gasteiger partial charge in [-0.05, 0) is 55.0 Å². The van der Waals surface area contributed by atoms with Crippen molar-refractivity contribution in [3.63, 3.8) is 0 Å². The zero-order chi connectivity index (χ0) is 23.0. The van der Waals surface area contributed by atoms with Gasteiger partial charge in [0.05, 0.1) is 26.5 Å². The number of carbonyl (C=O) groups is 1. The lowest BCUT2D eigenvalue weighted by molar-refractivity contribution is 0.0792. The highest BCUT2D eigenvalue weighted by atomic mass is 32.2. The number of benzene rings is 1. The molecule has 0 spiro atoms. The average molecular weight is 449 g/mol. The van der Waals surface area contributed by atoms with Crippen molar-refractivity contribution in [1.82, 2.24) is 9.62 Å². The third-order valence-electron chi connectivity index (χ3n) is 5.32. The topological polar surface area (TPSA) is 84.9 Å². The summed E-state index contributed by atoms with van der Waals surface area (Å²) < 4.78 is 36.6. The SMILES string of the molecule is C=C/C(=C\C=C(/C)c1cccc(CC2C(NS(C)(=O)=O)CCCN2C(=O)OC)c1)OC. The van der Waals surface area contributed by atoms with Crippen molar-refractivity contribution in [1.29, 1.82) is 0 Å². The van der Waals surface area contributed by atoms with Crippen LogP contribution >= 0.6 is 0 Å². The van der Waals surface area contributed by atoms with Crippen molar-refractivity contribution in [3.05, 3.63) is 66.0 Å². The molecule has 7 nitrogen and oxygen atoms in total. The van der Waals surface area contributed by atoms with E-state index < -0.39 is 16.1 Å². The van der Waals surface area contributed by atoms with Gasteiger partial charge in [-0.15, -0.1) is 0 Å². The summed E-state index contributed by atoms with van der Waals surface area (Å²) in [5.41, 5.74) is 3.07. The highest BCUT2D eigenvalue weighted by molar-refractivity contribution is 7.88. The molecule has 0 aromatic heterocycles. The minimum Gasteiger partial charge on any atom is -0.497 e. The number of nitrogens with zero attached hydrogens (tertiary/aromatic N) is 1. The first-order valence-corrected chi connectivity index (χ1v) is 12.0. The molecule has 1 heterocycles. The number of methoxy groups -OCH3 is 2. The van der Waals surface area contributed by atoms with Crippen LogP contribution in [-0.2, 0) is 25.9 Å². The molecule has 170 valence electrons. The molecule has 0 radical (unpaired) electrons. The van der Waals surface area contributed by atoms with Crippen LogP contribution in [0, 0.1) is 0 Å². The molecule has 0 bridgehead atoms. The van der Waals surface area contributed by atoms with Gasteiger partial charge in [0.1, 0.15) is 5.76 Å². The third-order valence-corrected chi connectivity index (χ3v) is 6.05.